The van der Waals surface area contributed by atoms with Crippen molar-refractivity contribution in [2.45, 2.75) is 52.2 Å². The van der Waals surface area contributed by atoms with Crippen LogP contribution < -0.4 is 0 Å². The number of aliphatic hydroxyl groups excluding tert-OH is 1. The predicted molar refractivity (Wildman–Crippen MR) is 143 cm³/mol. The van der Waals surface area contributed by atoms with Gasteiger partial charge in [-0.25, -0.2) is 0 Å². The van der Waals surface area contributed by atoms with Gasteiger partial charge in [-0.05, 0) is 62.5 Å². The first-order valence-electron chi connectivity index (χ1n) is 12.8. The van der Waals surface area contributed by atoms with Crippen molar-refractivity contribution in [2.24, 2.45) is 0 Å². The third-order valence-electron chi connectivity index (χ3n) is 7.16. The summed E-state index contributed by atoms with van der Waals surface area (Å²) in [5.41, 5.74) is 8.63. The number of aliphatic hydroxyl groups is 1. The van der Waals surface area contributed by atoms with Gasteiger partial charge >= 0.3 is 0 Å². The second-order valence-corrected chi connectivity index (χ2v) is 9.91. The van der Waals surface area contributed by atoms with Crippen LogP contribution in [0.1, 0.15) is 36.8 Å². The molecular weight excluding hydrogens is 416 g/mol. The fourth-order valence-electron chi connectivity index (χ4n) is 5.74. The molecule has 1 aliphatic heterocycles. The quantitative estimate of drug-likeness (QED) is 0.347. The predicted octanol–water partition coefficient (Wildman–Crippen LogP) is 6.83. The van der Waals surface area contributed by atoms with Crippen molar-refractivity contribution in [3.8, 4) is 22.4 Å². The highest BCUT2D eigenvalue weighted by atomic mass is 16.3. The van der Waals surface area contributed by atoms with E-state index in [9.17, 15) is 5.11 Å². The molecule has 0 unspecified atom stereocenters. The number of hydrogen-bond acceptors (Lipinski definition) is 2. The SMILES string of the molecule is Cc1cc(C)c2c(c1)c(-c1ccccc1)c(-c1ccccc1)n2C[C@@H](O)CN1CCCCCC1. The van der Waals surface area contributed by atoms with E-state index < -0.39 is 6.10 Å². The van der Waals surface area contributed by atoms with Crippen LogP contribution in [0.25, 0.3) is 33.3 Å². The number of fused-ring (bicyclic) bond motifs is 1. The van der Waals surface area contributed by atoms with Crippen LogP contribution in [-0.4, -0.2) is 40.3 Å². The van der Waals surface area contributed by atoms with Crippen LogP contribution in [0.2, 0.25) is 0 Å². The summed E-state index contributed by atoms with van der Waals surface area (Å²) in [5.74, 6) is 0. The van der Waals surface area contributed by atoms with Gasteiger partial charge in [-0.2, -0.15) is 0 Å². The molecule has 1 aliphatic rings. The van der Waals surface area contributed by atoms with Crippen molar-refractivity contribution in [1.29, 1.82) is 0 Å². The summed E-state index contributed by atoms with van der Waals surface area (Å²) in [6.07, 6.45) is 4.69. The highest BCUT2D eigenvalue weighted by Gasteiger charge is 2.24. The third kappa shape index (κ3) is 4.68. The van der Waals surface area contributed by atoms with Crippen molar-refractivity contribution < 1.29 is 5.11 Å². The minimum absolute atomic E-state index is 0.416. The minimum Gasteiger partial charge on any atom is -0.390 e. The van der Waals surface area contributed by atoms with Crippen molar-refractivity contribution in [3.05, 3.63) is 83.9 Å². The lowest BCUT2D eigenvalue weighted by atomic mass is 9.97. The van der Waals surface area contributed by atoms with Gasteiger partial charge in [-0.1, -0.05) is 85.1 Å². The zero-order valence-electron chi connectivity index (χ0n) is 20.5. The van der Waals surface area contributed by atoms with Crippen LogP contribution in [-0.2, 0) is 6.54 Å². The molecule has 3 nitrogen and oxygen atoms in total. The van der Waals surface area contributed by atoms with Gasteiger partial charge in [0.25, 0.3) is 0 Å². The molecule has 1 aromatic heterocycles. The molecule has 1 N–H and O–H groups in total. The normalized spacial score (nSPS) is 16.0. The van der Waals surface area contributed by atoms with E-state index in [0.29, 0.717) is 6.54 Å². The molecule has 176 valence electrons. The molecule has 5 rings (SSSR count). The topological polar surface area (TPSA) is 28.4 Å². The Balaban J connectivity index is 1.67. The Hall–Kier alpha value is -2.88. The van der Waals surface area contributed by atoms with E-state index >= 15 is 0 Å². The van der Waals surface area contributed by atoms with Crippen LogP contribution in [0, 0.1) is 13.8 Å². The maximum atomic E-state index is 11.3. The Labute approximate surface area is 203 Å². The first-order valence-corrected chi connectivity index (χ1v) is 12.8. The second-order valence-electron chi connectivity index (χ2n) is 9.91. The largest absolute Gasteiger partial charge is 0.390 e. The average molecular weight is 453 g/mol. The summed E-state index contributed by atoms with van der Waals surface area (Å²) in [5, 5.41) is 12.6. The number of β-amino-alcohol motifs (C(OH)–C–C–N with tert-alkyl or cyclic N) is 1. The molecule has 1 saturated heterocycles. The number of aromatic nitrogens is 1. The molecule has 3 aromatic carbocycles. The summed E-state index contributed by atoms with van der Waals surface area (Å²) in [7, 11) is 0. The molecule has 0 radical (unpaired) electrons. The van der Waals surface area contributed by atoms with Gasteiger partial charge in [0.1, 0.15) is 0 Å². The molecule has 0 amide bonds. The van der Waals surface area contributed by atoms with Crippen molar-refractivity contribution in [1.82, 2.24) is 9.47 Å². The third-order valence-corrected chi connectivity index (χ3v) is 7.16. The summed E-state index contributed by atoms with van der Waals surface area (Å²) in [6.45, 7) is 7.91. The smallest absolute Gasteiger partial charge is 0.0845 e. The fraction of sp³-hybridized carbons (Fsp3) is 0.355. The van der Waals surface area contributed by atoms with E-state index in [1.807, 2.05) is 0 Å². The zero-order chi connectivity index (χ0) is 23.5. The van der Waals surface area contributed by atoms with Crippen LogP contribution >= 0.6 is 0 Å². The number of likely N-dealkylation sites (tertiary alicyclic amines) is 1. The number of aryl methyl sites for hydroxylation is 2. The second kappa shape index (κ2) is 10.2. The van der Waals surface area contributed by atoms with Gasteiger partial charge in [-0.3, -0.25) is 0 Å². The molecule has 0 aliphatic carbocycles. The number of nitrogens with zero attached hydrogens (tertiary/aromatic N) is 2. The molecule has 0 bridgehead atoms. The molecule has 4 aromatic rings. The Morgan fingerprint density at radius 3 is 2.03 bits per heavy atom. The van der Waals surface area contributed by atoms with Crippen LogP contribution in [0.15, 0.2) is 72.8 Å². The molecule has 1 atom stereocenters. The van der Waals surface area contributed by atoms with Crippen LogP contribution in [0.5, 0.6) is 0 Å². The monoisotopic (exact) mass is 452 g/mol. The van der Waals surface area contributed by atoms with Gasteiger partial charge in [0.2, 0.25) is 0 Å². The lowest BCUT2D eigenvalue weighted by molar-refractivity contribution is 0.101. The molecule has 2 heterocycles. The number of benzene rings is 3. The maximum absolute atomic E-state index is 11.3. The van der Waals surface area contributed by atoms with Gasteiger partial charge in [0.15, 0.2) is 0 Å². The van der Waals surface area contributed by atoms with Gasteiger partial charge < -0.3 is 14.6 Å². The molecule has 34 heavy (non-hydrogen) atoms. The van der Waals surface area contributed by atoms with Crippen LogP contribution in [0.4, 0.5) is 0 Å². The Bertz CT molecular complexity index is 1240. The van der Waals surface area contributed by atoms with E-state index in [1.54, 1.807) is 0 Å². The highest BCUT2D eigenvalue weighted by molar-refractivity contribution is 6.06. The first kappa shape index (κ1) is 22.9. The lowest BCUT2D eigenvalue weighted by Crippen LogP contribution is -2.35. The molecular formula is C31H36N2O. The summed E-state index contributed by atoms with van der Waals surface area (Å²) >= 11 is 0. The number of hydrogen-bond donors (Lipinski definition) is 1. The van der Waals surface area contributed by atoms with Gasteiger partial charge in [0, 0.05) is 17.5 Å². The standard InChI is InChI=1S/C31H36N2O/c1-23-19-24(2)30-28(20-23)29(25-13-7-5-8-14-25)31(26-15-9-6-10-16-26)33(30)22-27(34)21-32-17-11-3-4-12-18-32/h5-10,13-16,19-20,27,34H,3-4,11-12,17-18,21-22H2,1-2H3/t27-/m0/s1. The highest BCUT2D eigenvalue weighted by Crippen LogP contribution is 2.42. The van der Waals surface area contributed by atoms with Crippen LogP contribution in [0.3, 0.4) is 0 Å². The van der Waals surface area contributed by atoms with Crippen molar-refractivity contribution >= 4 is 10.9 Å². The summed E-state index contributed by atoms with van der Waals surface area (Å²) in [6, 6.07) is 26.0. The molecule has 1 fully saturated rings. The Kier molecular flexibility index (Phi) is 6.85. The van der Waals surface area contributed by atoms with E-state index in [2.05, 4.69) is 96.1 Å². The number of rotatable bonds is 6. The van der Waals surface area contributed by atoms with E-state index in [1.165, 1.54) is 70.1 Å². The van der Waals surface area contributed by atoms with Crippen molar-refractivity contribution in [2.75, 3.05) is 19.6 Å². The van der Waals surface area contributed by atoms with E-state index in [0.717, 1.165) is 19.6 Å². The Morgan fingerprint density at radius 1 is 0.765 bits per heavy atom. The average Bonchev–Trinajstić information content (AvgIpc) is 2.96. The fourth-order valence-corrected chi connectivity index (χ4v) is 5.74. The molecule has 0 spiro atoms. The summed E-state index contributed by atoms with van der Waals surface area (Å²) in [4.78, 5) is 2.46. The first-order chi connectivity index (χ1) is 16.6. The molecule has 0 saturated carbocycles. The van der Waals surface area contributed by atoms with Crippen molar-refractivity contribution in [3.63, 3.8) is 0 Å². The van der Waals surface area contributed by atoms with E-state index in [-0.39, 0.29) is 0 Å². The zero-order valence-corrected chi connectivity index (χ0v) is 20.5. The molecule has 3 heteroatoms. The maximum Gasteiger partial charge on any atom is 0.0845 e. The van der Waals surface area contributed by atoms with Gasteiger partial charge in [-0.15, -0.1) is 0 Å². The minimum atomic E-state index is -0.416. The summed E-state index contributed by atoms with van der Waals surface area (Å²) < 4.78 is 2.39. The lowest BCUT2D eigenvalue weighted by Gasteiger charge is -2.25. The Morgan fingerprint density at radius 2 is 1.38 bits per heavy atom. The van der Waals surface area contributed by atoms with Gasteiger partial charge in [0.05, 0.1) is 23.9 Å². The van der Waals surface area contributed by atoms with E-state index in [4.69, 9.17) is 0 Å².